The van der Waals surface area contributed by atoms with E-state index in [0.29, 0.717) is 12.0 Å². The number of aromatic nitrogens is 2. The van der Waals surface area contributed by atoms with Gasteiger partial charge in [-0.05, 0) is 30.4 Å². The zero-order chi connectivity index (χ0) is 14.7. The quantitative estimate of drug-likeness (QED) is 0.910. The van der Waals surface area contributed by atoms with Crippen LogP contribution in [0.25, 0.3) is 0 Å². The second-order valence-corrected chi connectivity index (χ2v) is 6.29. The molecule has 2 unspecified atom stereocenters. The van der Waals surface area contributed by atoms with Crippen molar-refractivity contribution in [3.05, 3.63) is 53.9 Å². The molecule has 1 aromatic carbocycles. The number of benzene rings is 1. The van der Waals surface area contributed by atoms with Crippen molar-refractivity contribution in [2.75, 3.05) is 0 Å². The van der Waals surface area contributed by atoms with Crippen LogP contribution >= 0.6 is 0 Å². The van der Waals surface area contributed by atoms with Crippen molar-refractivity contribution in [3.63, 3.8) is 0 Å². The Bertz CT molecular complexity index is 555. The summed E-state index contributed by atoms with van der Waals surface area (Å²) in [6.45, 7) is 2.20. The van der Waals surface area contributed by atoms with Crippen LogP contribution in [-0.4, -0.2) is 15.8 Å². The minimum absolute atomic E-state index is 0.110. The summed E-state index contributed by atoms with van der Waals surface area (Å²) in [6.07, 6.45) is 8.19. The van der Waals surface area contributed by atoms with Crippen molar-refractivity contribution >= 4 is 0 Å². The molecule has 0 radical (unpaired) electrons. The topological polar surface area (TPSA) is 43.8 Å². The Hall–Kier alpha value is -1.61. The second-order valence-electron chi connectivity index (χ2n) is 6.29. The summed E-state index contributed by atoms with van der Waals surface area (Å²) in [5.74, 6) is 0.350. The number of hydrogen-bond acceptors (Lipinski definition) is 2. The van der Waals surface area contributed by atoms with Crippen LogP contribution in [0.1, 0.15) is 55.8 Å². The highest BCUT2D eigenvalue weighted by Crippen LogP contribution is 2.29. The molecule has 3 heteroatoms. The minimum Gasteiger partial charge on any atom is -0.327 e. The summed E-state index contributed by atoms with van der Waals surface area (Å²) >= 11 is 0. The molecule has 1 heterocycles. The number of nitrogens with two attached hydrogens (primary N) is 1. The summed E-state index contributed by atoms with van der Waals surface area (Å²) in [7, 11) is 0. The number of rotatable bonds is 5. The van der Waals surface area contributed by atoms with Gasteiger partial charge >= 0.3 is 0 Å². The van der Waals surface area contributed by atoms with Gasteiger partial charge in [-0.25, -0.2) is 0 Å². The molecule has 3 rings (SSSR count). The van der Waals surface area contributed by atoms with E-state index in [1.807, 2.05) is 6.07 Å². The minimum atomic E-state index is 0.110. The van der Waals surface area contributed by atoms with Crippen molar-refractivity contribution in [1.82, 2.24) is 9.78 Å². The first-order chi connectivity index (χ1) is 10.2. The third kappa shape index (κ3) is 3.35. The zero-order valence-corrected chi connectivity index (χ0v) is 12.8. The molecule has 0 amide bonds. The number of nitrogens with zero attached hydrogens (tertiary/aromatic N) is 2. The largest absolute Gasteiger partial charge is 0.327 e. The van der Waals surface area contributed by atoms with E-state index in [2.05, 4.69) is 48.1 Å². The molecule has 0 saturated heterocycles. The lowest BCUT2D eigenvalue weighted by Gasteiger charge is -2.19. The molecule has 1 aromatic heterocycles. The van der Waals surface area contributed by atoms with Crippen molar-refractivity contribution in [2.45, 2.75) is 57.0 Å². The van der Waals surface area contributed by atoms with Gasteiger partial charge in [0.1, 0.15) is 0 Å². The molecule has 112 valence electrons. The van der Waals surface area contributed by atoms with Crippen LogP contribution in [0.4, 0.5) is 0 Å². The van der Waals surface area contributed by atoms with Crippen LogP contribution in [0.15, 0.2) is 42.6 Å². The highest BCUT2D eigenvalue weighted by molar-refractivity contribution is 5.21. The summed E-state index contributed by atoms with van der Waals surface area (Å²) in [6, 6.07) is 13.4. The maximum atomic E-state index is 6.39. The van der Waals surface area contributed by atoms with Crippen molar-refractivity contribution in [3.8, 4) is 0 Å². The van der Waals surface area contributed by atoms with E-state index in [4.69, 9.17) is 10.8 Å². The van der Waals surface area contributed by atoms with E-state index in [-0.39, 0.29) is 6.04 Å². The smallest absolute Gasteiger partial charge is 0.0640 e. The van der Waals surface area contributed by atoms with Gasteiger partial charge in [-0.3, -0.25) is 4.68 Å². The molecule has 3 nitrogen and oxygen atoms in total. The average Bonchev–Trinajstić information content (AvgIpc) is 3.18. The summed E-state index contributed by atoms with van der Waals surface area (Å²) < 4.78 is 2.15. The van der Waals surface area contributed by atoms with E-state index in [9.17, 15) is 0 Å². The van der Waals surface area contributed by atoms with Gasteiger partial charge < -0.3 is 5.73 Å². The van der Waals surface area contributed by atoms with Crippen LogP contribution < -0.4 is 5.73 Å². The fourth-order valence-electron chi connectivity index (χ4n) is 3.28. The van der Waals surface area contributed by atoms with Crippen LogP contribution in [-0.2, 0) is 6.42 Å². The van der Waals surface area contributed by atoms with Crippen LogP contribution in [0.5, 0.6) is 0 Å². The van der Waals surface area contributed by atoms with E-state index < -0.39 is 0 Å². The van der Waals surface area contributed by atoms with Crippen LogP contribution in [0, 0.1) is 0 Å². The molecule has 2 aromatic rings. The van der Waals surface area contributed by atoms with Crippen molar-refractivity contribution in [2.24, 2.45) is 5.73 Å². The molecule has 1 aliphatic carbocycles. The zero-order valence-electron chi connectivity index (χ0n) is 12.8. The lowest BCUT2D eigenvalue weighted by molar-refractivity contribution is 0.458. The first-order valence-corrected chi connectivity index (χ1v) is 8.08. The standard InChI is InChI=1S/C18H25N3/c1-14(15-7-3-2-4-8-15)18(19)13-16-11-12-21(20-16)17-9-5-6-10-17/h2-4,7-8,11-12,14,17-18H,5-6,9-10,13,19H2,1H3. The molecule has 1 aliphatic rings. The molecule has 2 atom stereocenters. The maximum absolute atomic E-state index is 6.39. The van der Waals surface area contributed by atoms with Gasteiger partial charge in [-0.15, -0.1) is 0 Å². The van der Waals surface area contributed by atoms with Gasteiger partial charge in [0.2, 0.25) is 0 Å². The highest BCUT2D eigenvalue weighted by Gasteiger charge is 2.19. The summed E-state index contributed by atoms with van der Waals surface area (Å²) in [5, 5.41) is 4.74. The first kappa shape index (κ1) is 14.3. The Balaban J connectivity index is 1.63. The monoisotopic (exact) mass is 283 g/mol. The van der Waals surface area contributed by atoms with Crippen molar-refractivity contribution in [1.29, 1.82) is 0 Å². The molecule has 1 fully saturated rings. The lowest BCUT2D eigenvalue weighted by atomic mass is 9.91. The van der Waals surface area contributed by atoms with Gasteiger partial charge in [0.05, 0.1) is 11.7 Å². The fourth-order valence-corrected chi connectivity index (χ4v) is 3.28. The molecule has 0 spiro atoms. The predicted octanol–water partition coefficient (Wildman–Crippen LogP) is 3.67. The Labute approximate surface area is 127 Å². The Morgan fingerprint density at radius 3 is 2.62 bits per heavy atom. The normalized spacial score (nSPS) is 18.8. The third-order valence-electron chi connectivity index (χ3n) is 4.77. The highest BCUT2D eigenvalue weighted by atomic mass is 15.3. The summed E-state index contributed by atoms with van der Waals surface area (Å²) in [4.78, 5) is 0. The predicted molar refractivity (Wildman–Crippen MR) is 86.3 cm³/mol. The molecule has 0 aliphatic heterocycles. The lowest BCUT2D eigenvalue weighted by Crippen LogP contribution is -2.29. The van der Waals surface area contributed by atoms with Crippen molar-refractivity contribution < 1.29 is 0 Å². The molecule has 1 saturated carbocycles. The SMILES string of the molecule is CC(c1ccccc1)C(N)Cc1ccn(C2CCCC2)n1. The average molecular weight is 283 g/mol. The third-order valence-corrected chi connectivity index (χ3v) is 4.77. The molecule has 2 N–H and O–H groups in total. The fraction of sp³-hybridized carbons (Fsp3) is 0.500. The summed E-state index contributed by atoms with van der Waals surface area (Å²) in [5.41, 5.74) is 8.82. The molecule has 21 heavy (non-hydrogen) atoms. The maximum Gasteiger partial charge on any atom is 0.0640 e. The van der Waals surface area contributed by atoms with Gasteiger partial charge in [0.15, 0.2) is 0 Å². The first-order valence-electron chi connectivity index (χ1n) is 8.08. The van der Waals surface area contributed by atoms with E-state index >= 15 is 0 Å². The van der Waals surface area contributed by atoms with Crippen LogP contribution in [0.2, 0.25) is 0 Å². The van der Waals surface area contributed by atoms with Gasteiger partial charge in [-0.2, -0.15) is 5.10 Å². The van der Waals surface area contributed by atoms with Gasteiger partial charge in [0.25, 0.3) is 0 Å². The van der Waals surface area contributed by atoms with Gasteiger partial charge in [-0.1, -0.05) is 50.1 Å². The Kier molecular flexibility index (Phi) is 4.39. The molecular weight excluding hydrogens is 258 g/mol. The second kappa shape index (κ2) is 6.44. The van der Waals surface area contributed by atoms with Crippen LogP contribution in [0.3, 0.4) is 0 Å². The Morgan fingerprint density at radius 2 is 1.90 bits per heavy atom. The Morgan fingerprint density at radius 1 is 1.19 bits per heavy atom. The number of hydrogen-bond donors (Lipinski definition) is 1. The van der Waals surface area contributed by atoms with E-state index in [1.54, 1.807) is 0 Å². The van der Waals surface area contributed by atoms with Gasteiger partial charge in [0, 0.05) is 18.7 Å². The molecular formula is C18H25N3. The molecule has 0 bridgehead atoms. The van der Waals surface area contributed by atoms with E-state index in [0.717, 1.165) is 12.1 Å². The van der Waals surface area contributed by atoms with E-state index in [1.165, 1.54) is 31.2 Å².